The first kappa shape index (κ1) is 16.0. The largest absolute Gasteiger partial charge is 0.496 e. The van der Waals surface area contributed by atoms with Crippen molar-refractivity contribution in [3.05, 3.63) is 29.3 Å². The molecule has 0 fully saturated rings. The van der Waals surface area contributed by atoms with Crippen LogP contribution in [0, 0.1) is 6.92 Å². The number of aryl methyl sites for hydroxylation is 1. The Labute approximate surface area is 116 Å². The van der Waals surface area contributed by atoms with Gasteiger partial charge in [0.25, 0.3) is 0 Å². The third-order valence-corrected chi connectivity index (χ3v) is 3.16. The lowest BCUT2D eigenvalue weighted by molar-refractivity contribution is 0.0333. The van der Waals surface area contributed by atoms with E-state index in [0.29, 0.717) is 19.0 Å². The van der Waals surface area contributed by atoms with Crippen LogP contribution in [0.1, 0.15) is 49.8 Å². The molecule has 0 spiro atoms. The molecule has 0 aliphatic carbocycles. The first-order chi connectivity index (χ1) is 9.19. The van der Waals surface area contributed by atoms with Gasteiger partial charge >= 0.3 is 0 Å². The predicted molar refractivity (Wildman–Crippen MR) is 77.7 cm³/mol. The Morgan fingerprint density at radius 2 is 2.00 bits per heavy atom. The van der Waals surface area contributed by atoms with Crippen molar-refractivity contribution in [3.8, 4) is 5.75 Å². The van der Waals surface area contributed by atoms with Crippen LogP contribution in [0.5, 0.6) is 5.75 Å². The van der Waals surface area contributed by atoms with E-state index in [-0.39, 0.29) is 0 Å². The predicted octanol–water partition coefficient (Wildman–Crippen LogP) is 3.63. The fraction of sp³-hybridized carbons (Fsp3) is 0.625. The second-order valence-corrected chi connectivity index (χ2v) is 4.90. The van der Waals surface area contributed by atoms with Crippen molar-refractivity contribution in [1.29, 1.82) is 0 Å². The quantitative estimate of drug-likeness (QED) is 0.694. The van der Waals surface area contributed by atoms with Crippen LogP contribution in [0.4, 0.5) is 0 Å². The number of aliphatic hydroxyl groups is 1. The Balaban J connectivity index is 2.40. The van der Waals surface area contributed by atoms with Crippen molar-refractivity contribution in [3.63, 3.8) is 0 Å². The summed E-state index contributed by atoms with van der Waals surface area (Å²) in [4.78, 5) is 0. The van der Waals surface area contributed by atoms with Crippen LogP contribution >= 0.6 is 0 Å². The number of ether oxygens (including phenoxy) is 2. The Hall–Kier alpha value is -1.06. The lowest BCUT2D eigenvalue weighted by atomic mass is 10.1. The van der Waals surface area contributed by atoms with Gasteiger partial charge in [-0.3, -0.25) is 0 Å². The first-order valence-corrected chi connectivity index (χ1v) is 7.09. The van der Waals surface area contributed by atoms with Gasteiger partial charge in [0.15, 0.2) is 0 Å². The molecular formula is C16H26O3. The topological polar surface area (TPSA) is 38.7 Å². The maximum Gasteiger partial charge on any atom is 0.124 e. The van der Waals surface area contributed by atoms with Gasteiger partial charge in [0.1, 0.15) is 11.9 Å². The lowest BCUT2D eigenvalue weighted by Crippen LogP contribution is -2.09. The average Bonchev–Trinajstić information content (AvgIpc) is 2.42. The van der Waals surface area contributed by atoms with E-state index in [9.17, 15) is 5.11 Å². The minimum absolute atomic E-state index is 0.325. The molecule has 0 amide bonds. The van der Waals surface area contributed by atoms with Gasteiger partial charge < -0.3 is 14.6 Å². The van der Waals surface area contributed by atoms with E-state index in [0.717, 1.165) is 17.5 Å². The maximum atomic E-state index is 10.2. The summed E-state index contributed by atoms with van der Waals surface area (Å²) in [5, 5.41) is 10.2. The molecule has 108 valence electrons. The van der Waals surface area contributed by atoms with Gasteiger partial charge in [0, 0.05) is 12.2 Å². The van der Waals surface area contributed by atoms with Crippen molar-refractivity contribution in [2.24, 2.45) is 0 Å². The fourth-order valence-electron chi connectivity index (χ4n) is 2.03. The molecule has 19 heavy (non-hydrogen) atoms. The molecule has 3 heteroatoms. The lowest BCUT2D eigenvalue weighted by Gasteiger charge is -2.15. The molecule has 0 aliphatic heterocycles. The van der Waals surface area contributed by atoms with Gasteiger partial charge in [-0.15, -0.1) is 0 Å². The van der Waals surface area contributed by atoms with Crippen molar-refractivity contribution in [2.75, 3.05) is 20.3 Å². The highest BCUT2D eigenvalue weighted by Crippen LogP contribution is 2.26. The zero-order valence-corrected chi connectivity index (χ0v) is 12.3. The van der Waals surface area contributed by atoms with E-state index in [2.05, 4.69) is 6.92 Å². The molecule has 1 rings (SSSR count). The molecule has 1 N–H and O–H groups in total. The second-order valence-electron chi connectivity index (χ2n) is 4.90. The van der Waals surface area contributed by atoms with Crippen molar-refractivity contribution in [2.45, 2.75) is 45.6 Å². The summed E-state index contributed by atoms with van der Waals surface area (Å²) in [6.45, 7) is 5.23. The minimum Gasteiger partial charge on any atom is -0.496 e. The van der Waals surface area contributed by atoms with Crippen LogP contribution in [-0.2, 0) is 4.74 Å². The molecule has 0 radical (unpaired) electrons. The van der Waals surface area contributed by atoms with E-state index in [1.165, 1.54) is 19.3 Å². The zero-order chi connectivity index (χ0) is 14.1. The molecule has 1 aromatic carbocycles. The van der Waals surface area contributed by atoms with E-state index in [4.69, 9.17) is 9.47 Å². The van der Waals surface area contributed by atoms with E-state index in [1.807, 2.05) is 25.1 Å². The molecule has 0 saturated heterocycles. The van der Waals surface area contributed by atoms with E-state index >= 15 is 0 Å². The third kappa shape index (κ3) is 5.62. The van der Waals surface area contributed by atoms with Crippen LogP contribution in [0.15, 0.2) is 18.2 Å². The number of benzene rings is 1. The molecule has 0 aromatic heterocycles. The van der Waals surface area contributed by atoms with Gasteiger partial charge in [-0.25, -0.2) is 0 Å². The van der Waals surface area contributed by atoms with Crippen molar-refractivity contribution in [1.82, 2.24) is 0 Å². The van der Waals surface area contributed by atoms with Gasteiger partial charge in [0.05, 0.1) is 13.7 Å². The molecule has 0 aliphatic rings. The van der Waals surface area contributed by atoms with Crippen LogP contribution in [0.3, 0.4) is 0 Å². The van der Waals surface area contributed by atoms with Gasteiger partial charge in [-0.05, 0) is 25.5 Å². The second kappa shape index (κ2) is 8.94. The minimum atomic E-state index is -0.624. The summed E-state index contributed by atoms with van der Waals surface area (Å²) < 4.78 is 10.8. The van der Waals surface area contributed by atoms with Crippen LogP contribution in [0.2, 0.25) is 0 Å². The van der Waals surface area contributed by atoms with E-state index < -0.39 is 6.10 Å². The summed E-state index contributed by atoms with van der Waals surface area (Å²) >= 11 is 0. The highest BCUT2D eigenvalue weighted by Gasteiger charge is 2.13. The molecule has 1 unspecified atom stereocenters. The average molecular weight is 266 g/mol. The van der Waals surface area contributed by atoms with Crippen LogP contribution in [0.25, 0.3) is 0 Å². The summed E-state index contributed by atoms with van der Waals surface area (Å²) in [5.41, 5.74) is 1.91. The maximum absolute atomic E-state index is 10.2. The molecule has 0 bridgehead atoms. The fourth-order valence-corrected chi connectivity index (χ4v) is 2.03. The summed E-state index contributed by atoms with van der Waals surface area (Å²) in [6, 6.07) is 5.81. The van der Waals surface area contributed by atoms with Crippen molar-refractivity contribution >= 4 is 0 Å². The number of hydrogen-bond donors (Lipinski definition) is 1. The smallest absolute Gasteiger partial charge is 0.124 e. The SMILES string of the molecule is CCCCCCOCC(O)c1cc(C)ccc1OC. The first-order valence-electron chi connectivity index (χ1n) is 7.09. The third-order valence-electron chi connectivity index (χ3n) is 3.16. The Bertz CT molecular complexity index is 363. The highest BCUT2D eigenvalue weighted by molar-refractivity contribution is 5.38. The number of unbranched alkanes of at least 4 members (excludes halogenated alkanes) is 3. The molecule has 0 saturated carbocycles. The summed E-state index contributed by atoms with van der Waals surface area (Å²) in [6.07, 6.45) is 4.10. The molecule has 1 aromatic rings. The summed E-state index contributed by atoms with van der Waals surface area (Å²) in [5.74, 6) is 0.715. The van der Waals surface area contributed by atoms with Gasteiger partial charge in [-0.2, -0.15) is 0 Å². The van der Waals surface area contributed by atoms with Crippen molar-refractivity contribution < 1.29 is 14.6 Å². The molecule has 0 heterocycles. The Morgan fingerprint density at radius 1 is 1.21 bits per heavy atom. The van der Waals surface area contributed by atoms with Crippen LogP contribution < -0.4 is 4.74 Å². The standard InChI is InChI=1S/C16H26O3/c1-4-5-6-7-10-19-12-15(17)14-11-13(2)8-9-16(14)18-3/h8-9,11,15,17H,4-7,10,12H2,1-3H3. The summed E-state index contributed by atoms with van der Waals surface area (Å²) in [7, 11) is 1.62. The number of rotatable bonds is 9. The molecule has 1 atom stereocenters. The Morgan fingerprint density at radius 3 is 2.68 bits per heavy atom. The normalized spacial score (nSPS) is 12.4. The Kier molecular flexibility index (Phi) is 7.53. The monoisotopic (exact) mass is 266 g/mol. The molecular weight excluding hydrogens is 240 g/mol. The van der Waals surface area contributed by atoms with E-state index in [1.54, 1.807) is 7.11 Å². The number of hydrogen-bond acceptors (Lipinski definition) is 3. The highest BCUT2D eigenvalue weighted by atomic mass is 16.5. The van der Waals surface area contributed by atoms with Gasteiger partial charge in [0.2, 0.25) is 0 Å². The zero-order valence-electron chi connectivity index (χ0n) is 12.3. The number of methoxy groups -OCH3 is 1. The number of aliphatic hydroxyl groups excluding tert-OH is 1. The molecule has 3 nitrogen and oxygen atoms in total. The van der Waals surface area contributed by atoms with Gasteiger partial charge in [-0.1, -0.05) is 37.8 Å². The van der Waals surface area contributed by atoms with Crippen LogP contribution in [-0.4, -0.2) is 25.4 Å².